The molecule has 1 aliphatic rings. The summed E-state index contributed by atoms with van der Waals surface area (Å²) < 4.78 is 11.0. The van der Waals surface area contributed by atoms with Gasteiger partial charge in [0.05, 0.1) is 20.3 Å². The van der Waals surface area contributed by atoms with Gasteiger partial charge in [0.2, 0.25) is 5.91 Å². The van der Waals surface area contributed by atoms with Crippen LogP contribution in [0.15, 0.2) is 47.5 Å². The molecule has 2 aromatic carbocycles. The molecule has 0 spiro atoms. The number of carbonyl (C=O) groups is 1. The lowest BCUT2D eigenvalue weighted by Crippen LogP contribution is -2.46. The van der Waals surface area contributed by atoms with Crippen molar-refractivity contribution in [2.75, 3.05) is 40.4 Å². The Kier molecular flexibility index (Phi) is 8.78. The van der Waals surface area contributed by atoms with Crippen molar-refractivity contribution in [2.45, 2.75) is 32.7 Å². The van der Waals surface area contributed by atoms with Crippen LogP contribution < -0.4 is 20.1 Å². The van der Waals surface area contributed by atoms with Crippen molar-refractivity contribution in [2.24, 2.45) is 4.99 Å². The molecule has 0 fully saturated rings. The third-order valence-electron chi connectivity index (χ3n) is 5.58. The molecule has 0 aromatic heterocycles. The van der Waals surface area contributed by atoms with Crippen LogP contribution in [0.1, 0.15) is 30.0 Å². The molecule has 1 aliphatic heterocycles. The predicted octanol–water partition coefficient (Wildman–Crippen LogP) is 2.78. The maximum Gasteiger partial charge on any atom is 0.242 e. The third-order valence-corrected chi connectivity index (χ3v) is 5.58. The highest BCUT2D eigenvalue weighted by Crippen LogP contribution is 2.28. The molecule has 0 radical (unpaired) electrons. The Labute approximate surface area is 190 Å². The van der Waals surface area contributed by atoms with Gasteiger partial charge in [-0.1, -0.05) is 30.3 Å². The molecule has 0 atom stereocenters. The molecule has 2 aromatic rings. The van der Waals surface area contributed by atoms with Crippen LogP contribution in [-0.4, -0.2) is 57.2 Å². The summed E-state index contributed by atoms with van der Waals surface area (Å²) in [5, 5.41) is 6.43. The van der Waals surface area contributed by atoms with Crippen LogP contribution in [0.25, 0.3) is 0 Å². The number of nitrogens with one attached hydrogen (secondary N) is 2. The number of methoxy groups -OCH3 is 1. The number of benzene rings is 2. The predicted molar refractivity (Wildman–Crippen MR) is 127 cm³/mol. The van der Waals surface area contributed by atoms with Gasteiger partial charge in [-0.3, -0.25) is 9.79 Å². The lowest BCUT2D eigenvalue weighted by atomic mass is 10.00. The number of hydrogen-bond donors (Lipinski definition) is 2. The molecule has 3 rings (SSSR count). The number of rotatable bonds is 9. The molecule has 32 heavy (non-hydrogen) atoms. The van der Waals surface area contributed by atoms with E-state index in [1.54, 1.807) is 14.2 Å². The first-order valence-corrected chi connectivity index (χ1v) is 11.2. The zero-order valence-corrected chi connectivity index (χ0v) is 19.3. The normalized spacial score (nSPS) is 13.3. The van der Waals surface area contributed by atoms with E-state index in [1.165, 1.54) is 16.7 Å². The quantitative estimate of drug-likeness (QED) is 0.358. The zero-order valence-electron chi connectivity index (χ0n) is 19.3. The highest BCUT2D eigenvalue weighted by molar-refractivity contribution is 5.86. The fourth-order valence-electron chi connectivity index (χ4n) is 3.84. The molecule has 7 nitrogen and oxygen atoms in total. The third kappa shape index (κ3) is 6.39. The fourth-order valence-corrected chi connectivity index (χ4v) is 3.84. The van der Waals surface area contributed by atoms with Gasteiger partial charge < -0.3 is 25.0 Å². The van der Waals surface area contributed by atoms with Crippen molar-refractivity contribution in [3.8, 4) is 11.5 Å². The summed E-state index contributed by atoms with van der Waals surface area (Å²) >= 11 is 0. The number of nitrogens with zero attached hydrogens (tertiary/aromatic N) is 2. The summed E-state index contributed by atoms with van der Waals surface area (Å²) in [6.45, 7) is 4.98. The van der Waals surface area contributed by atoms with E-state index in [0.717, 1.165) is 43.9 Å². The van der Waals surface area contributed by atoms with Crippen LogP contribution in [0.2, 0.25) is 0 Å². The number of guanidine groups is 1. The maximum atomic E-state index is 12.6. The molecule has 1 amide bonds. The van der Waals surface area contributed by atoms with Crippen molar-refractivity contribution in [3.05, 3.63) is 59.2 Å². The summed E-state index contributed by atoms with van der Waals surface area (Å²) in [7, 11) is 3.36. The van der Waals surface area contributed by atoms with Gasteiger partial charge in [-0.2, -0.15) is 0 Å². The van der Waals surface area contributed by atoms with Crippen LogP contribution in [0, 0.1) is 0 Å². The minimum absolute atomic E-state index is 0.0872. The second kappa shape index (κ2) is 12.0. The lowest BCUT2D eigenvalue weighted by Gasteiger charge is -2.29. The van der Waals surface area contributed by atoms with Crippen molar-refractivity contribution < 1.29 is 14.3 Å². The first-order valence-electron chi connectivity index (χ1n) is 11.2. The van der Waals surface area contributed by atoms with Crippen molar-refractivity contribution >= 4 is 11.9 Å². The van der Waals surface area contributed by atoms with E-state index in [-0.39, 0.29) is 12.5 Å². The van der Waals surface area contributed by atoms with E-state index in [4.69, 9.17) is 9.47 Å². The Morgan fingerprint density at radius 1 is 1.12 bits per heavy atom. The van der Waals surface area contributed by atoms with Gasteiger partial charge >= 0.3 is 0 Å². The molecular weight excluding hydrogens is 404 g/mol. The Balaban J connectivity index is 1.40. The number of aryl methyl sites for hydroxylation is 1. The zero-order chi connectivity index (χ0) is 22.8. The molecule has 0 bridgehead atoms. The van der Waals surface area contributed by atoms with Gasteiger partial charge in [0.1, 0.15) is 0 Å². The van der Waals surface area contributed by atoms with E-state index in [9.17, 15) is 4.79 Å². The van der Waals surface area contributed by atoms with Crippen LogP contribution in [0.3, 0.4) is 0 Å². The number of ether oxygens (including phenoxy) is 2. The highest BCUT2D eigenvalue weighted by atomic mass is 16.5. The fraction of sp³-hybridized carbons (Fsp3) is 0.440. The van der Waals surface area contributed by atoms with Crippen LogP contribution in [0.4, 0.5) is 0 Å². The smallest absolute Gasteiger partial charge is 0.242 e. The van der Waals surface area contributed by atoms with E-state index in [1.807, 2.05) is 30.0 Å². The number of amides is 1. The minimum atomic E-state index is 0.0872. The number of aliphatic imine (C=N–C) groups is 1. The molecule has 0 saturated carbocycles. The number of hydrogen-bond acceptors (Lipinski definition) is 4. The standard InChI is InChI=1S/C25H34N4O3/c1-4-32-23-16-19(11-12-22(23)31-3)8-7-14-27-25(26-2)28-17-24(30)29-15-13-20-9-5-6-10-21(20)18-29/h5-6,9-12,16H,4,7-8,13-15,17-18H2,1-3H3,(H2,26,27,28). The number of fused-ring (bicyclic) bond motifs is 1. The molecule has 1 heterocycles. The SMILES string of the molecule is CCOc1cc(CCCNC(=NC)NCC(=O)N2CCc3ccccc3C2)ccc1OC. The largest absolute Gasteiger partial charge is 0.493 e. The van der Waals surface area contributed by atoms with E-state index >= 15 is 0 Å². The first-order chi connectivity index (χ1) is 15.6. The first kappa shape index (κ1) is 23.4. The molecule has 172 valence electrons. The Morgan fingerprint density at radius 3 is 2.69 bits per heavy atom. The molecule has 0 saturated heterocycles. The summed E-state index contributed by atoms with van der Waals surface area (Å²) in [4.78, 5) is 18.8. The summed E-state index contributed by atoms with van der Waals surface area (Å²) in [5.41, 5.74) is 3.77. The van der Waals surface area contributed by atoms with Gasteiger partial charge in [-0.05, 0) is 55.0 Å². The van der Waals surface area contributed by atoms with E-state index in [2.05, 4.69) is 39.9 Å². The van der Waals surface area contributed by atoms with E-state index < -0.39 is 0 Å². The Hall–Kier alpha value is -3.22. The summed E-state index contributed by atoms with van der Waals surface area (Å²) in [6, 6.07) is 14.4. The van der Waals surface area contributed by atoms with Gasteiger partial charge in [-0.25, -0.2) is 0 Å². The second-order valence-corrected chi connectivity index (χ2v) is 7.71. The topological polar surface area (TPSA) is 75.2 Å². The van der Waals surface area contributed by atoms with Crippen LogP contribution in [-0.2, 0) is 24.2 Å². The van der Waals surface area contributed by atoms with Gasteiger partial charge in [0.25, 0.3) is 0 Å². The molecule has 0 aliphatic carbocycles. The van der Waals surface area contributed by atoms with Crippen LogP contribution >= 0.6 is 0 Å². The van der Waals surface area contributed by atoms with Gasteiger partial charge in [0.15, 0.2) is 17.5 Å². The van der Waals surface area contributed by atoms with Crippen molar-refractivity contribution in [1.82, 2.24) is 15.5 Å². The second-order valence-electron chi connectivity index (χ2n) is 7.71. The molecule has 2 N–H and O–H groups in total. The van der Waals surface area contributed by atoms with Crippen LogP contribution in [0.5, 0.6) is 11.5 Å². The highest BCUT2D eigenvalue weighted by Gasteiger charge is 2.20. The summed E-state index contributed by atoms with van der Waals surface area (Å²) in [5.74, 6) is 2.25. The van der Waals surface area contributed by atoms with E-state index in [0.29, 0.717) is 19.1 Å². The van der Waals surface area contributed by atoms with Crippen molar-refractivity contribution in [3.63, 3.8) is 0 Å². The van der Waals surface area contributed by atoms with Gasteiger partial charge in [-0.15, -0.1) is 0 Å². The maximum absolute atomic E-state index is 12.6. The monoisotopic (exact) mass is 438 g/mol. The van der Waals surface area contributed by atoms with Gasteiger partial charge in [0, 0.05) is 26.7 Å². The molecule has 0 unspecified atom stereocenters. The Morgan fingerprint density at radius 2 is 1.94 bits per heavy atom. The average Bonchev–Trinajstić information content (AvgIpc) is 2.83. The molecular formula is C25H34N4O3. The Bertz CT molecular complexity index is 929. The summed E-state index contributed by atoms with van der Waals surface area (Å²) in [6.07, 6.45) is 2.74. The minimum Gasteiger partial charge on any atom is -0.493 e. The molecule has 7 heteroatoms. The lowest BCUT2D eigenvalue weighted by molar-refractivity contribution is -0.130. The average molecular weight is 439 g/mol. The number of carbonyl (C=O) groups excluding carboxylic acids is 1. The van der Waals surface area contributed by atoms with Crippen molar-refractivity contribution in [1.29, 1.82) is 0 Å².